The van der Waals surface area contributed by atoms with Gasteiger partial charge in [0, 0.05) is 28.4 Å². The van der Waals surface area contributed by atoms with Crippen molar-refractivity contribution in [1.29, 1.82) is 0 Å². The summed E-state index contributed by atoms with van der Waals surface area (Å²) in [5, 5.41) is 0. The van der Waals surface area contributed by atoms with Gasteiger partial charge in [-0.15, -0.1) is 0 Å². The second kappa shape index (κ2) is 9.09. The Kier molecular flexibility index (Phi) is 5.72. The number of nitrogens with zero attached hydrogens (tertiary/aromatic N) is 1. The third-order valence-electron chi connectivity index (χ3n) is 7.81. The zero-order valence-electron chi connectivity index (χ0n) is 22.1. The van der Waals surface area contributed by atoms with Crippen molar-refractivity contribution in [3.63, 3.8) is 0 Å². The Morgan fingerprint density at radius 2 is 1.08 bits per heavy atom. The van der Waals surface area contributed by atoms with Crippen molar-refractivity contribution in [1.82, 2.24) is 0 Å². The van der Waals surface area contributed by atoms with Crippen molar-refractivity contribution < 1.29 is 0 Å². The first-order valence-electron chi connectivity index (χ1n) is 13.2. The van der Waals surface area contributed by atoms with Gasteiger partial charge < -0.3 is 4.90 Å². The molecule has 0 bridgehead atoms. The summed E-state index contributed by atoms with van der Waals surface area (Å²) in [4.78, 5) is 2.48. The lowest BCUT2D eigenvalue weighted by molar-refractivity contribution is 0.659. The highest BCUT2D eigenvalue weighted by atomic mass is 15.2. The number of hydrogen-bond acceptors (Lipinski definition) is 1. The highest BCUT2D eigenvalue weighted by Crippen LogP contribution is 2.51. The molecule has 0 radical (unpaired) electrons. The minimum absolute atomic E-state index is 0.0763. The standard InChI is InChI=1S/C36H33N/c1-25(2)37(35-18-12-11-17-30(35)27-15-9-6-10-16-27)29-20-22-32-31-21-19-28(26-13-7-5-8-14-26)23-33(31)36(3,4)34(32)24-29/h5-25H,1-4H3. The van der Waals surface area contributed by atoms with Gasteiger partial charge in [0.15, 0.2) is 0 Å². The van der Waals surface area contributed by atoms with Crippen molar-refractivity contribution in [3.05, 3.63) is 132 Å². The number of fused-ring (bicyclic) bond motifs is 3. The molecule has 1 aliphatic rings. The van der Waals surface area contributed by atoms with Gasteiger partial charge in [-0.05, 0) is 77.1 Å². The van der Waals surface area contributed by atoms with E-state index in [0.717, 1.165) is 0 Å². The van der Waals surface area contributed by atoms with E-state index in [0.29, 0.717) is 6.04 Å². The van der Waals surface area contributed by atoms with Gasteiger partial charge in [-0.25, -0.2) is 0 Å². The molecule has 0 spiro atoms. The van der Waals surface area contributed by atoms with Crippen LogP contribution in [0.25, 0.3) is 33.4 Å². The van der Waals surface area contributed by atoms with E-state index in [1.54, 1.807) is 0 Å². The van der Waals surface area contributed by atoms with Gasteiger partial charge in [0.2, 0.25) is 0 Å². The van der Waals surface area contributed by atoms with E-state index in [1.807, 2.05) is 0 Å². The van der Waals surface area contributed by atoms with Crippen molar-refractivity contribution in [3.8, 4) is 33.4 Å². The van der Waals surface area contributed by atoms with Crippen LogP contribution in [0.5, 0.6) is 0 Å². The van der Waals surface area contributed by atoms with Crippen molar-refractivity contribution in [2.24, 2.45) is 0 Å². The van der Waals surface area contributed by atoms with Gasteiger partial charge in [-0.1, -0.05) is 111 Å². The molecule has 5 aromatic carbocycles. The highest BCUT2D eigenvalue weighted by molar-refractivity contribution is 5.87. The second-order valence-electron chi connectivity index (χ2n) is 10.8. The molecule has 0 aromatic heterocycles. The van der Waals surface area contributed by atoms with E-state index in [9.17, 15) is 0 Å². The molecule has 0 amide bonds. The number of para-hydroxylation sites is 1. The van der Waals surface area contributed by atoms with Gasteiger partial charge in [-0.2, -0.15) is 0 Å². The van der Waals surface area contributed by atoms with Gasteiger partial charge in [-0.3, -0.25) is 0 Å². The number of rotatable bonds is 5. The Bertz CT molecular complexity index is 1560. The van der Waals surface area contributed by atoms with Crippen LogP contribution < -0.4 is 4.90 Å². The van der Waals surface area contributed by atoms with Crippen LogP contribution in [0.15, 0.2) is 121 Å². The maximum Gasteiger partial charge on any atom is 0.0492 e. The largest absolute Gasteiger partial charge is 0.338 e. The van der Waals surface area contributed by atoms with Crippen LogP contribution in [0.4, 0.5) is 11.4 Å². The van der Waals surface area contributed by atoms with Crippen LogP contribution in [0.1, 0.15) is 38.8 Å². The third-order valence-corrected chi connectivity index (χ3v) is 7.81. The maximum atomic E-state index is 2.48. The first-order chi connectivity index (χ1) is 17.9. The number of benzene rings is 5. The predicted octanol–water partition coefficient (Wildman–Crippen LogP) is 9.87. The van der Waals surface area contributed by atoms with Crippen molar-refractivity contribution in [2.45, 2.75) is 39.2 Å². The summed E-state index contributed by atoms with van der Waals surface area (Å²) in [6.45, 7) is 9.30. The van der Waals surface area contributed by atoms with E-state index in [4.69, 9.17) is 0 Å². The van der Waals surface area contributed by atoms with Crippen LogP contribution in [-0.4, -0.2) is 6.04 Å². The molecular weight excluding hydrogens is 446 g/mol. The molecule has 0 aliphatic heterocycles. The molecule has 0 atom stereocenters. The van der Waals surface area contributed by atoms with Crippen LogP contribution in [0.2, 0.25) is 0 Å². The van der Waals surface area contributed by atoms with Crippen LogP contribution in [0, 0.1) is 0 Å². The summed E-state index contributed by atoms with van der Waals surface area (Å²) in [5.74, 6) is 0. The molecule has 0 saturated heterocycles. The Morgan fingerprint density at radius 3 is 1.76 bits per heavy atom. The fourth-order valence-electron chi connectivity index (χ4n) is 5.95. The lowest BCUT2D eigenvalue weighted by Gasteiger charge is -2.32. The van der Waals surface area contributed by atoms with E-state index >= 15 is 0 Å². The fourth-order valence-corrected chi connectivity index (χ4v) is 5.95. The van der Waals surface area contributed by atoms with Gasteiger partial charge in [0.1, 0.15) is 0 Å². The zero-order chi connectivity index (χ0) is 25.6. The Hall–Kier alpha value is -4.10. The van der Waals surface area contributed by atoms with Crippen LogP contribution >= 0.6 is 0 Å². The molecule has 1 nitrogen and oxygen atoms in total. The molecule has 1 aliphatic carbocycles. The normalized spacial score (nSPS) is 13.3. The summed E-state index contributed by atoms with van der Waals surface area (Å²) in [6.07, 6.45) is 0. The Labute approximate surface area is 221 Å². The third kappa shape index (κ3) is 3.96. The summed E-state index contributed by atoms with van der Waals surface area (Å²) in [6, 6.07) is 44.5. The smallest absolute Gasteiger partial charge is 0.0492 e. The molecule has 37 heavy (non-hydrogen) atoms. The van der Waals surface area contributed by atoms with E-state index in [-0.39, 0.29) is 5.41 Å². The monoisotopic (exact) mass is 479 g/mol. The number of anilines is 2. The predicted molar refractivity (Wildman–Crippen MR) is 159 cm³/mol. The molecule has 0 N–H and O–H groups in total. The average molecular weight is 480 g/mol. The molecule has 182 valence electrons. The van der Waals surface area contributed by atoms with Crippen LogP contribution in [0.3, 0.4) is 0 Å². The van der Waals surface area contributed by atoms with Crippen molar-refractivity contribution in [2.75, 3.05) is 4.90 Å². The second-order valence-corrected chi connectivity index (χ2v) is 10.8. The molecule has 1 heteroatoms. The highest BCUT2D eigenvalue weighted by Gasteiger charge is 2.36. The van der Waals surface area contributed by atoms with Gasteiger partial charge >= 0.3 is 0 Å². The molecule has 5 aromatic rings. The summed E-state index contributed by atoms with van der Waals surface area (Å²) < 4.78 is 0. The quantitative estimate of drug-likeness (QED) is 0.242. The molecule has 6 rings (SSSR count). The Morgan fingerprint density at radius 1 is 0.514 bits per heavy atom. The number of hydrogen-bond donors (Lipinski definition) is 0. The first kappa shape index (κ1) is 23.3. The van der Waals surface area contributed by atoms with Gasteiger partial charge in [0.25, 0.3) is 0 Å². The fraction of sp³-hybridized carbons (Fsp3) is 0.167. The van der Waals surface area contributed by atoms with E-state index in [2.05, 4.69) is 154 Å². The van der Waals surface area contributed by atoms with E-state index in [1.165, 1.54) is 55.9 Å². The molecular formula is C36H33N. The van der Waals surface area contributed by atoms with Gasteiger partial charge in [0.05, 0.1) is 0 Å². The lowest BCUT2D eigenvalue weighted by atomic mass is 9.81. The molecule has 0 heterocycles. The average Bonchev–Trinajstić information content (AvgIpc) is 3.15. The SMILES string of the molecule is CC(C)N(c1ccc2c(c1)C(C)(C)c1cc(-c3ccccc3)ccc1-2)c1ccccc1-c1ccccc1. The summed E-state index contributed by atoms with van der Waals surface area (Å²) in [7, 11) is 0. The lowest BCUT2D eigenvalue weighted by Crippen LogP contribution is -2.26. The molecule has 0 unspecified atom stereocenters. The summed E-state index contributed by atoms with van der Waals surface area (Å²) in [5.41, 5.74) is 12.9. The summed E-state index contributed by atoms with van der Waals surface area (Å²) >= 11 is 0. The zero-order valence-corrected chi connectivity index (χ0v) is 22.1. The Balaban J connectivity index is 1.46. The van der Waals surface area contributed by atoms with Crippen LogP contribution in [-0.2, 0) is 5.41 Å². The minimum atomic E-state index is -0.0763. The topological polar surface area (TPSA) is 3.24 Å². The van der Waals surface area contributed by atoms with Crippen molar-refractivity contribution >= 4 is 11.4 Å². The maximum absolute atomic E-state index is 2.48. The minimum Gasteiger partial charge on any atom is -0.338 e. The van der Waals surface area contributed by atoms with E-state index < -0.39 is 0 Å². The molecule has 0 saturated carbocycles. The first-order valence-corrected chi connectivity index (χ1v) is 13.2. The molecule has 0 fully saturated rings.